The topological polar surface area (TPSA) is 105 Å². The van der Waals surface area contributed by atoms with Gasteiger partial charge in [-0.2, -0.15) is 0 Å². The van der Waals surface area contributed by atoms with Gasteiger partial charge < -0.3 is 18.9 Å². The van der Waals surface area contributed by atoms with Gasteiger partial charge in [0.25, 0.3) is 0 Å². The Bertz CT molecular complexity index is 560. The molecule has 1 atom stereocenters. The SMILES string of the molecule is C=CC(=O)OCC(CC)C(COC(=O)C=C)(COC(=O)C=C)COC(=O)C=C. The van der Waals surface area contributed by atoms with Crippen molar-refractivity contribution in [1.29, 1.82) is 0 Å². The maximum atomic E-state index is 11.6. The lowest BCUT2D eigenvalue weighted by atomic mass is 9.75. The van der Waals surface area contributed by atoms with Gasteiger partial charge in [0.2, 0.25) is 0 Å². The number of hydrogen-bond donors (Lipinski definition) is 0. The average Bonchev–Trinajstić information content (AvgIpc) is 2.72. The first-order valence-corrected chi connectivity index (χ1v) is 8.45. The van der Waals surface area contributed by atoms with Crippen molar-refractivity contribution in [3.8, 4) is 0 Å². The zero-order chi connectivity index (χ0) is 21.6. The average molecular weight is 394 g/mol. The zero-order valence-corrected chi connectivity index (χ0v) is 16.0. The standard InChI is InChI=1S/C20H26O8/c1-6-15(11-25-16(21)7-2)20(12-26-17(22)8-3,13-27-18(23)9-4)14-28-19(24)10-5/h7-10,15H,2-6,11-14H2,1H3. The molecule has 0 saturated carbocycles. The third-order valence-corrected chi connectivity index (χ3v) is 3.96. The van der Waals surface area contributed by atoms with Crippen LogP contribution in [-0.4, -0.2) is 50.3 Å². The smallest absolute Gasteiger partial charge is 0.330 e. The van der Waals surface area contributed by atoms with Gasteiger partial charge in [0.05, 0.1) is 12.0 Å². The number of carbonyl (C=O) groups is 4. The van der Waals surface area contributed by atoms with Gasteiger partial charge in [-0.3, -0.25) is 0 Å². The van der Waals surface area contributed by atoms with E-state index in [2.05, 4.69) is 26.3 Å². The largest absolute Gasteiger partial charge is 0.462 e. The maximum absolute atomic E-state index is 11.6. The molecule has 1 unspecified atom stereocenters. The molecular weight excluding hydrogens is 368 g/mol. The van der Waals surface area contributed by atoms with Crippen molar-refractivity contribution in [2.75, 3.05) is 26.4 Å². The van der Waals surface area contributed by atoms with Gasteiger partial charge in [0.15, 0.2) is 0 Å². The quantitative estimate of drug-likeness (QED) is 0.250. The monoisotopic (exact) mass is 394 g/mol. The Morgan fingerprint density at radius 2 is 1.04 bits per heavy atom. The predicted molar refractivity (Wildman–Crippen MR) is 101 cm³/mol. The van der Waals surface area contributed by atoms with Crippen LogP contribution in [0.5, 0.6) is 0 Å². The van der Waals surface area contributed by atoms with Crippen molar-refractivity contribution < 1.29 is 38.1 Å². The van der Waals surface area contributed by atoms with Gasteiger partial charge in [-0.1, -0.05) is 33.2 Å². The van der Waals surface area contributed by atoms with Crippen molar-refractivity contribution in [2.45, 2.75) is 13.3 Å². The Balaban J connectivity index is 5.80. The van der Waals surface area contributed by atoms with Crippen molar-refractivity contribution in [3.63, 3.8) is 0 Å². The Labute approximate surface area is 164 Å². The maximum Gasteiger partial charge on any atom is 0.330 e. The van der Waals surface area contributed by atoms with Gasteiger partial charge >= 0.3 is 23.9 Å². The first-order chi connectivity index (χ1) is 13.3. The summed E-state index contributed by atoms with van der Waals surface area (Å²) in [5.74, 6) is -3.29. The minimum Gasteiger partial charge on any atom is -0.462 e. The van der Waals surface area contributed by atoms with E-state index in [0.29, 0.717) is 6.42 Å². The molecule has 0 aromatic carbocycles. The Kier molecular flexibility index (Phi) is 11.6. The predicted octanol–water partition coefficient (Wildman–Crippen LogP) is 1.92. The number of rotatable bonds is 14. The lowest BCUT2D eigenvalue weighted by Crippen LogP contribution is -2.47. The second-order valence-electron chi connectivity index (χ2n) is 5.74. The molecule has 0 aromatic rings. The molecule has 0 spiro atoms. The third-order valence-electron chi connectivity index (χ3n) is 3.96. The lowest BCUT2D eigenvalue weighted by molar-refractivity contribution is -0.166. The Morgan fingerprint density at radius 1 is 0.714 bits per heavy atom. The highest BCUT2D eigenvalue weighted by Gasteiger charge is 2.43. The van der Waals surface area contributed by atoms with Crippen LogP contribution in [0.15, 0.2) is 50.6 Å². The summed E-state index contributed by atoms with van der Waals surface area (Å²) in [7, 11) is 0. The molecule has 0 radical (unpaired) electrons. The molecule has 0 rings (SSSR count). The number of ether oxygens (including phenoxy) is 4. The lowest BCUT2D eigenvalue weighted by Gasteiger charge is -2.38. The van der Waals surface area contributed by atoms with Gasteiger partial charge in [-0.05, 0) is 6.42 Å². The molecule has 8 nitrogen and oxygen atoms in total. The second kappa shape index (κ2) is 13.1. The third kappa shape index (κ3) is 8.48. The minimum absolute atomic E-state index is 0.107. The second-order valence-corrected chi connectivity index (χ2v) is 5.74. The number of esters is 4. The first kappa shape index (κ1) is 24.8. The van der Waals surface area contributed by atoms with E-state index in [4.69, 9.17) is 18.9 Å². The van der Waals surface area contributed by atoms with Crippen LogP contribution in [0.25, 0.3) is 0 Å². The molecule has 0 amide bonds. The molecule has 0 aromatic heterocycles. The molecule has 0 fully saturated rings. The minimum atomic E-state index is -1.19. The summed E-state index contributed by atoms with van der Waals surface area (Å²) in [6.07, 6.45) is 4.33. The van der Waals surface area contributed by atoms with E-state index in [1.165, 1.54) is 0 Å². The summed E-state index contributed by atoms with van der Waals surface area (Å²) in [5, 5.41) is 0. The molecule has 0 aliphatic rings. The van der Waals surface area contributed by atoms with Crippen LogP contribution in [0.3, 0.4) is 0 Å². The van der Waals surface area contributed by atoms with Crippen molar-refractivity contribution >= 4 is 23.9 Å². The van der Waals surface area contributed by atoms with E-state index in [1.54, 1.807) is 6.92 Å². The highest BCUT2D eigenvalue weighted by molar-refractivity contribution is 5.82. The normalized spacial score (nSPS) is 11.3. The highest BCUT2D eigenvalue weighted by atomic mass is 16.6. The fourth-order valence-corrected chi connectivity index (χ4v) is 2.27. The first-order valence-electron chi connectivity index (χ1n) is 8.45. The summed E-state index contributed by atoms with van der Waals surface area (Å²) in [5.41, 5.74) is -1.19. The summed E-state index contributed by atoms with van der Waals surface area (Å²) in [6, 6.07) is 0. The molecule has 0 heterocycles. The van der Waals surface area contributed by atoms with Crippen molar-refractivity contribution in [2.24, 2.45) is 11.3 Å². The fraction of sp³-hybridized carbons (Fsp3) is 0.400. The van der Waals surface area contributed by atoms with E-state index in [9.17, 15) is 19.2 Å². The summed E-state index contributed by atoms with van der Waals surface area (Å²) < 4.78 is 20.6. The molecule has 154 valence electrons. The number of carbonyl (C=O) groups excluding carboxylic acids is 4. The summed E-state index contributed by atoms with van der Waals surface area (Å²) in [4.78, 5) is 46.2. The van der Waals surface area contributed by atoms with E-state index >= 15 is 0 Å². The molecule has 0 aliphatic carbocycles. The van der Waals surface area contributed by atoms with Crippen molar-refractivity contribution in [3.05, 3.63) is 50.6 Å². The highest BCUT2D eigenvalue weighted by Crippen LogP contribution is 2.33. The van der Waals surface area contributed by atoms with Crippen LogP contribution in [0.4, 0.5) is 0 Å². The molecule has 0 saturated heterocycles. The summed E-state index contributed by atoms with van der Waals surface area (Å²) >= 11 is 0. The Hall–Kier alpha value is -3.16. The Morgan fingerprint density at radius 3 is 1.32 bits per heavy atom. The zero-order valence-electron chi connectivity index (χ0n) is 16.0. The van der Waals surface area contributed by atoms with Crippen LogP contribution in [0, 0.1) is 11.3 Å². The van der Waals surface area contributed by atoms with Gasteiger partial charge in [-0.15, -0.1) is 0 Å². The van der Waals surface area contributed by atoms with Gasteiger partial charge in [0, 0.05) is 30.2 Å². The molecule has 0 bridgehead atoms. The van der Waals surface area contributed by atoms with E-state index < -0.39 is 35.2 Å². The van der Waals surface area contributed by atoms with Crippen LogP contribution < -0.4 is 0 Å². The molecular formula is C20H26O8. The molecule has 0 N–H and O–H groups in total. The van der Waals surface area contributed by atoms with Crippen LogP contribution in [-0.2, 0) is 38.1 Å². The van der Waals surface area contributed by atoms with Gasteiger partial charge in [0.1, 0.15) is 19.8 Å². The van der Waals surface area contributed by atoms with Crippen molar-refractivity contribution in [1.82, 2.24) is 0 Å². The molecule has 8 heteroatoms. The van der Waals surface area contributed by atoms with Crippen LogP contribution in [0.1, 0.15) is 13.3 Å². The molecule has 0 aliphatic heterocycles. The fourth-order valence-electron chi connectivity index (χ4n) is 2.27. The van der Waals surface area contributed by atoms with Gasteiger partial charge in [-0.25, -0.2) is 19.2 Å². The van der Waals surface area contributed by atoms with Crippen LogP contribution >= 0.6 is 0 Å². The van der Waals surface area contributed by atoms with E-state index in [0.717, 1.165) is 24.3 Å². The van der Waals surface area contributed by atoms with Crippen LogP contribution in [0.2, 0.25) is 0 Å². The summed E-state index contributed by atoms with van der Waals surface area (Å²) in [6.45, 7) is 14.1. The van der Waals surface area contributed by atoms with E-state index in [1.807, 2.05) is 0 Å². The number of hydrogen-bond acceptors (Lipinski definition) is 8. The van der Waals surface area contributed by atoms with E-state index in [-0.39, 0.29) is 26.4 Å². The molecule has 28 heavy (non-hydrogen) atoms.